The average Bonchev–Trinajstić information content (AvgIpc) is 2.61. The maximum atomic E-state index is 5.49. The van der Waals surface area contributed by atoms with E-state index in [1.54, 1.807) is 7.11 Å². The molecule has 1 aromatic rings. The number of hydrogen-bond acceptors (Lipinski definition) is 3. The van der Waals surface area contributed by atoms with Crippen molar-refractivity contribution < 1.29 is 9.47 Å². The summed E-state index contributed by atoms with van der Waals surface area (Å²) >= 11 is 0. The molecule has 25 heavy (non-hydrogen) atoms. The summed E-state index contributed by atoms with van der Waals surface area (Å²) in [6.07, 6.45) is 4.71. The summed E-state index contributed by atoms with van der Waals surface area (Å²) < 4.78 is 10.5. The second-order valence-corrected chi connectivity index (χ2v) is 6.58. The van der Waals surface area contributed by atoms with Crippen molar-refractivity contribution in [3.8, 4) is 0 Å². The van der Waals surface area contributed by atoms with Gasteiger partial charge in [0.25, 0.3) is 0 Å². The highest BCUT2D eigenvalue weighted by Crippen LogP contribution is 2.43. The molecule has 5 nitrogen and oxygen atoms in total. The van der Waals surface area contributed by atoms with Crippen LogP contribution in [0.25, 0.3) is 0 Å². The standard InChI is InChI=1S/C20H33N3O2/c1-3-21-19(22-13-8-14-25-16-15-24-2)23-17-20(11-7-12-20)18-9-5-4-6-10-18/h4-6,9-10H,3,7-8,11-17H2,1-2H3,(H2,21,22,23). The predicted octanol–water partition coefficient (Wildman–Crippen LogP) is 2.72. The van der Waals surface area contributed by atoms with Gasteiger partial charge in [-0.25, -0.2) is 0 Å². The van der Waals surface area contributed by atoms with E-state index < -0.39 is 0 Å². The number of ether oxygens (including phenoxy) is 2. The van der Waals surface area contributed by atoms with Crippen molar-refractivity contribution in [1.29, 1.82) is 0 Å². The third kappa shape index (κ3) is 6.33. The van der Waals surface area contributed by atoms with Gasteiger partial charge in [-0.3, -0.25) is 4.99 Å². The molecule has 0 aromatic heterocycles. The van der Waals surface area contributed by atoms with Gasteiger partial charge in [0.15, 0.2) is 5.96 Å². The van der Waals surface area contributed by atoms with Gasteiger partial charge in [0, 0.05) is 32.2 Å². The normalized spacial score (nSPS) is 16.3. The van der Waals surface area contributed by atoms with Crippen LogP contribution in [0.2, 0.25) is 0 Å². The van der Waals surface area contributed by atoms with Crippen LogP contribution >= 0.6 is 0 Å². The summed E-state index contributed by atoms with van der Waals surface area (Å²) in [4.78, 5) is 4.86. The Labute approximate surface area is 152 Å². The number of aliphatic imine (C=N–C) groups is 1. The molecule has 0 saturated heterocycles. The van der Waals surface area contributed by atoms with E-state index in [1.165, 1.54) is 24.8 Å². The summed E-state index contributed by atoms with van der Waals surface area (Å²) in [6.45, 7) is 6.72. The molecule has 1 fully saturated rings. The lowest BCUT2D eigenvalue weighted by molar-refractivity contribution is 0.0698. The van der Waals surface area contributed by atoms with Crippen molar-refractivity contribution in [1.82, 2.24) is 10.6 Å². The molecule has 1 saturated carbocycles. The molecule has 1 aliphatic carbocycles. The SMILES string of the molecule is CCNC(=NCC1(c2ccccc2)CCC1)NCCCOCCOC. The van der Waals surface area contributed by atoms with E-state index >= 15 is 0 Å². The lowest BCUT2D eigenvalue weighted by Gasteiger charge is -2.41. The lowest BCUT2D eigenvalue weighted by Crippen LogP contribution is -2.42. The number of guanidine groups is 1. The third-order valence-corrected chi connectivity index (χ3v) is 4.77. The first-order valence-electron chi connectivity index (χ1n) is 9.45. The molecule has 0 heterocycles. The average molecular weight is 348 g/mol. The van der Waals surface area contributed by atoms with Crippen molar-refractivity contribution in [3.05, 3.63) is 35.9 Å². The molecule has 0 bridgehead atoms. The Balaban J connectivity index is 1.80. The maximum Gasteiger partial charge on any atom is 0.191 e. The van der Waals surface area contributed by atoms with Crippen molar-refractivity contribution in [2.24, 2.45) is 4.99 Å². The fourth-order valence-corrected chi connectivity index (χ4v) is 3.13. The van der Waals surface area contributed by atoms with Crippen LogP contribution < -0.4 is 10.6 Å². The van der Waals surface area contributed by atoms with Crippen LogP contribution in [0.3, 0.4) is 0 Å². The van der Waals surface area contributed by atoms with Crippen molar-refractivity contribution >= 4 is 5.96 Å². The van der Waals surface area contributed by atoms with Crippen LogP contribution in [-0.2, 0) is 14.9 Å². The Morgan fingerprint density at radius 1 is 1.12 bits per heavy atom. The Hall–Kier alpha value is -1.59. The molecule has 0 amide bonds. The fraction of sp³-hybridized carbons (Fsp3) is 0.650. The van der Waals surface area contributed by atoms with E-state index in [9.17, 15) is 0 Å². The molecular weight excluding hydrogens is 314 g/mol. The highest BCUT2D eigenvalue weighted by Gasteiger charge is 2.38. The summed E-state index contributed by atoms with van der Waals surface area (Å²) in [5.41, 5.74) is 1.65. The molecule has 1 aromatic carbocycles. The van der Waals surface area contributed by atoms with E-state index in [-0.39, 0.29) is 5.41 Å². The Morgan fingerprint density at radius 2 is 1.92 bits per heavy atom. The first-order valence-corrected chi connectivity index (χ1v) is 9.45. The number of nitrogens with zero attached hydrogens (tertiary/aromatic N) is 1. The first-order chi connectivity index (χ1) is 12.3. The number of benzene rings is 1. The van der Waals surface area contributed by atoms with E-state index in [1.807, 2.05) is 0 Å². The zero-order valence-electron chi connectivity index (χ0n) is 15.7. The number of nitrogens with one attached hydrogen (secondary N) is 2. The molecule has 140 valence electrons. The van der Waals surface area contributed by atoms with Crippen LogP contribution in [0.15, 0.2) is 35.3 Å². The van der Waals surface area contributed by atoms with Crippen molar-refractivity contribution in [2.45, 2.75) is 38.0 Å². The van der Waals surface area contributed by atoms with E-state index in [0.717, 1.165) is 38.6 Å². The van der Waals surface area contributed by atoms with Crippen LogP contribution in [0.1, 0.15) is 38.2 Å². The second-order valence-electron chi connectivity index (χ2n) is 6.58. The van der Waals surface area contributed by atoms with E-state index in [4.69, 9.17) is 14.5 Å². The second kappa shape index (κ2) is 11.1. The highest BCUT2D eigenvalue weighted by atomic mass is 16.5. The highest BCUT2D eigenvalue weighted by molar-refractivity contribution is 5.79. The topological polar surface area (TPSA) is 54.9 Å². The minimum atomic E-state index is 0.229. The summed E-state index contributed by atoms with van der Waals surface area (Å²) in [5.74, 6) is 0.904. The van der Waals surface area contributed by atoms with Gasteiger partial charge >= 0.3 is 0 Å². The van der Waals surface area contributed by atoms with E-state index in [2.05, 4.69) is 47.9 Å². The smallest absolute Gasteiger partial charge is 0.191 e. The number of methoxy groups -OCH3 is 1. The van der Waals surface area contributed by atoms with Gasteiger partial charge in [-0.05, 0) is 31.7 Å². The fourth-order valence-electron chi connectivity index (χ4n) is 3.13. The van der Waals surface area contributed by atoms with Crippen molar-refractivity contribution in [2.75, 3.05) is 46.6 Å². The monoisotopic (exact) mass is 347 g/mol. The molecular formula is C20H33N3O2. The molecule has 2 rings (SSSR count). The molecule has 0 radical (unpaired) electrons. The third-order valence-electron chi connectivity index (χ3n) is 4.77. The van der Waals surface area contributed by atoms with Crippen LogP contribution in [-0.4, -0.2) is 52.5 Å². The minimum absolute atomic E-state index is 0.229. The van der Waals surface area contributed by atoms with Gasteiger partial charge in [0.05, 0.1) is 19.8 Å². The van der Waals surface area contributed by atoms with Crippen LogP contribution in [0.5, 0.6) is 0 Å². The van der Waals surface area contributed by atoms with Crippen LogP contribution in [0.4, 0.5) is 0 Å². The quantitative estimate of drug-likeness (QED) is 0.367. The lowest BCUT2D eigenvalue weighted by atomic mass is 9.64. The Kier molecular flexibility index (Phi) is 8.77. The molecule has 0 spiro atoms. The maximum absolute atomic E-state index is 5.49. The van der Waals surface area contributed by atoms with Gasteiger partial charge in [-0.2, -0.15) is 0 Å². The molecule has 1 aliphatic rings. The minimum Gasteiger partial charge on any atom is -0.382 e. The van der Waals surface area contributed by atoms with Gasteiger partial charge in [-0.15, -0.1) is 0 Å². The predicted molar refractivity (Wildman–Crippen MR) is 103 cm³/mol. The van der Waals surface area contributed by atoms with Gasteiger partial charge < -0.3 is 20.1 Å². The van der Waals surface area contributed by atoms with Gasteiger partial charge in [0.2, 0.25) is 0 Å². The van der Waals surface area contributed by atoms with Gasteiger partial charge in [-0.1, -0.05) is 36.8 Å². The molecule has 2 N–H and O–H groups in total. The molecule has 0 unspecified atom stereocenters. The zero-order valence-corrected chi connectivity index (χ0v) is 15.7. The summed E-state index contributed by atoms with van der Waals surface area (Å²) in [7, 11) is 1.69. The number of hydrogen-bond donors (Lipinski definition) is 2. The zero-order chi connectivity index (χ0) is 17.8. The molecule has 0 aliphatic heterocycles. The van der Waals surface area contributed by atoms with E-state index in [0.29, 0.717) is 13.2 Å². The summed E-state index contributed by atoms with van der Waals surface area (Å²) in [6, 6.07) is 10.8. The number of rotatable bonds is 11. The first kappa shape index (κ1) is 19.7. The summed E-state index contributed by atoms with van der Waals surface area (Å²) in [5, 5.41) is 6.76. The molecule has 5 heteroatoms. The van der Waals surface area contributed by atoms with Crippen LogP contribution in [0, 0.1) is 0 Å². The Bertz CT molecular complexity index is 501. The van der Waals surface area contributed by atoms with Crippen molar-refractivity contribution in [3.63, 3.8) is 0 Å². The largest absolute Gasteiger partial charge is 0.382 e. The Morgan fingerprint density at radius 3 is 2.56 bits per heavy atom. The molecule has 0 atom stereocenters. The van der Waals surface area contributed by atoms with Gasteiger partial charge in [0.1, 0.15) is 0 Å².